The van der Waals surface area contributed by atoms with Crippen molar-refractivity contribution in [3.05, 3.63) is 0 Å². The lowest BCUT2D eigenvalue weighted by atomic mass is 9.99. The molecule has 0 bridgehead atoms. The van der Waals surface area contributed by atoms with Crippen LogP contribution in [0, 0.1) is 0 Å². The number of rotatable bonds is 5. The molecule has 8 atom stereocenters. The van der Waals surface area contributed by atoms with Crippen molar-refractivity contribution < 1.29 is 54.4 Å². The summed E-state index contributed by atoms with van der Waals surface area (Å²) < 4.78 is 14.7. The van der Waals surface area contributed by atoms with Crippen LogP contribution >= 0.6 is 0 Å². The molecular weight excluding hydrogens is 320 g/mol. The molecule has 0 aromatic heterocycles. The van der Waals surface area contributed by atoms with Crippen molar-refractivity contribution >= 4 is 11.8 Å². The summed E-state index contributed by atoms with van der Waals surface area (Å²) in [4.78, 5) is 23.0. The fourth-order valence-corrected chi connectivity index (χ4v) is 2.36. The topological polar surface area (TPSA) is 183 Å². The van der Waals surface area contributed by atoms with E-state index in [9.17, 15) is 30.0 Å². The third-order valence-electron chi connectivity index (χ3n) is 3.70. The lowest BCUT2D eigenvalue weighted by Gasteiger charge is -2.40. The molecule has 132 valence electrons. The molecule has 0 aromatic carbocycles. The average molecular weight is 338 g/mol. The minimum absolute atomic E-state index is 0.707. The third-order valence-corrected chi connectivity index (χ3v) is 3.70. The van der Waals surface area contributed by atoms with Crippen molar-refractivity contribution in [2.24, 2.45) is 0 Å². The summed E-state index contributed by atoms with van der Waals surface area (Å²) in [7, 11) is 0. The summed E-state index contributed by atoms with van der Waals surface area (Å²) in [5.41, 5.74) is 0. The highest BCUT2D eigenvalue weighted by molar-refractivity contribution is 6.37. The number of aliphatic hydroxyl groups excluding tert-OH is 6. The van der Waals surface area contributed by atoms with Crippen LogP contribution in [0.2, 0.25) is 0 Å². The van der Waals surface area contributed by atoms with Gasteiger partial charge in [0.25, 0.3) is 5.78 Å². The third kappa shape index (κ3) is 3.36. The molecule has 2 unspecified atom stereocenters. The van der Waals surface area contributed by atoms with Crippen LogP contribution < -0.4 is 0 Å². The molecule has 6 N–H and O–H groups in total. The number of esters is 1. The van der Waals surface area contributed by atoms with E-state index in [-0.39, 0.29) is 0 Å². The molecule has 23 heavy (non-hydrogen) atoms. The van der Waals surface area contributed by atoms with Gasteiger partial charge in [-0.25, -0.2) is 4.79 Å². The van der Waals surface area contributed by atoms with Gasteiger partial charge in [-0.15, -0.1) is 0 Å². The van der Waals surface area contributed by atoms with Gasteiger partial charge in [0.1, 0.15) is 30.5 Å². The van der Waals surface area contributed by atoms with Gasteiger partial charge in [0, 0.05) is 0 Å². The lowest BCUT2D eigenvalue weighted by molar-refractivity contribution is -0.312. The first-order chi connectivity index (χ1) is 10.8. The van der Waals surface area contributed by atoms with Crippen molar-refractivity contribution in [2.75, 3.05) is 13.2 Å². The first kappa shape index (κ1) is 18.2. The summed E-state index contributed by atoms with van der Waals surface area (Å²) >= 11 is 0. The van der Waals surface area contributed by atoms with Gasteiger partial charge < -0.3 is 44.8 Å². The highest BCUT2D eigenvalue weighted by Crippen LogP contribution is 2.27. The molecule has 2 aliphatic rings. The van der Waals surface area contributed by atoms with Crippen LogP contribution in [0.25, 0.3) is 0 Å². The van der Waals surface area contributed by atoms with Crippen LogP contribution in [0.5, 0.6) is 0 Å². The van der Waals surface area contributed by atoms with E-state index in [0.717, 1.165) is 0 Å². The maximum Gasteiger partial charge on any atom is 0.378 e. The van der Waals surface area contributed by atoms with E-state index in [4.69, 9.17) is 19.7 Å². The number of aliphatic hydroxyl groups is 6. The van der Waals surface area contributed by atoms with Gasteiger partial charge in [-0.3, -0.25) is 4.79 Å². The lowest BCUT2D eigenvalue weighted by Crippen LogP contribution is -2.60. The Bertz CT molecular complexity index is 452. The summed E-state index contributed by atoms with van der Waals surface area (Å²) in [6.45, 7) is -1.53. The van der Waals surface area contributed by atoms with Gasteiger partial charge in [0.05, 0.1) is 13.2 Å². The Labute approximate surface area is 129 Å². The van der Waals surface area contributed by atoms with Gasteiger partial charge in [-0.1, -0.05) is 0 Å². The first-order valence-corrected chi connectivity index (χ1v) is 6.81. The fraction of sp³-hybridized carbons (Fsp3) is 0.833. The Balaban J connectivity index is 2.15. The summed E-state index contributed by atoms with van der Waals surface area (Å²) in [5.74, 6) is -2.46. The molecule has 0 radical (unpaired) electrons. The van der Waals surface area contributed by atoms with Crippen molar-refractivity contribution in [3.8, 4) is 0 Å². The van der Waals surface area contributed by atoms with E-state index in [1.54, 1.807) is 0 Å². The SMILES string of the molecule is O=C1O[C@H]([C@@H](O)CO)C(OC2O[C@H](CO)[C@@H](O)[C@H](O)[C@H]2O)C1=O. The van der Waals surface area contributed by atoms with Gasteiger partial charge in [0.2, 0.25) is 0 Å². The molecule has 2 aliphatic heterocycles. The predicted molar refractivity (Wildman–Crippen MR) is 66.6 cm³/mol. The normalized spacial score (nSPS) is 42.6. The van der Waals surface area contributed by atoms with E-state index in [1.807, 2.05) is 0 Å². The van der Waals surface area contributed by atoms with Gasteiger partial charge in [-0.05, 0) is 0 Å². The zero-order chi connectivity index (χ0) is 17.3. The first-order valence-electron chi connectivity index (χ1n) is 6.81. The molecule has 0 aromatic rings. The quantitative estimate of drug-likeness (QED) is 0.208. The van der Waals surface area contributed by atoms with E-state index in [0.29, 0.717) is 0 Å². The number of ketones is 1. The fourth-order valence-electron chi connectivity index (χ4n) is 2.36. The van der Waals surface area contributed by atoms with Crippen LogP contribution in [0.4, 0.5) is 0 Å². The predicted octanol–water partition coefficient (Wildman–Crippen LogP) is -4.98. The second-order valence-corrected chi connectivity index (χ2v) is 5.24. The highest BCUT2D eigenvalue weighted by Gasteiger charge is 2.52. The van der Waals surface area contributed by atoms with Crippen molar-refractivity contribution in [2.45, 2.75) is 49.0 Å². The molecule has 0 saturated carbocycles. The zero-order valence-electron chi connectivity index (χ0n) is 11.8. The number of hydrogen-bond acceptors (Lipinski definition) is 11. The number of carbonyl (C=O) groups excluding carboxylic acids is 2. The van der Waals surface area contributed by atoms with Gasteiger partial charge in [-0.2, -0.15) is 0 Å². The zero-order valence-corrected chi connectivity index (χ0v) is 11.8. The molecule has 0 amide bonds. The maximum absolute atomic E-state index is 11.7. The van der Waals surface area contributed by atoms with E-state index in [2.05, 4.69) is 4.74 Å². The Morgan fingerprint density at radius 3 is 2.30 bits per heavy atom. The van der Waals surface area contributed by atoms with Crippen LogP contribution in [0.1, 0.15) is 0 Å². The van der Waals surface area contributed by atoms with Crippen LogP contribution in [-0.4, -0.2) is 105 Å². The monoisotopic (exact) mass is 338 g/mol. The average Bonchev–Trinajstić information content (AvgIpc) is 2.82. The Morgan fingerprint density at radius 2 is 1.74 bits per heavy atom. The van der Waals surface area contributed by atoms with Gasteiger partial charge in [0.15, 0.2) is 18.5 Å². The number of Topliss-reactive ketones (excluding diaryl/α,β-unsaturated/α-hetero) is 1. The Morgan fingerprint density at radius 1 is 1.09 bits per heavy atom. The Kier molecular flexibility index (Phi) is 5.65. The van der Waals surface area contributed by atoms with E-state index in [1.165, 1.54) is 0 Å². The van der Waals surface area contributed by atoms with E-state index >= 15 is 0 Å². The number of hydrogen-bond donors (Lipinski definition) is 6. The minimum atomic E-state index is -1.79. The van der Waals surface area contributed by atoms with Crippen molar-refractivity contribution in [1.29, 1.82) is 0 Å². The summed E-state index contributed by atoms with van der Waals surface area (Å²) in [6.07, 6.45) is -12.9. The molecular formula is C12H18O11. The van der Waals surface area contributed by atoms with Crippen molar-refractivity contribution in [1.82, 2.24) is 0 Å². The van der Waals surface area contributed by atoms with E-state index < -0.39 is 74.0 Å². The molecule has 0 spiro atoms. The number of ether oxygens (including phenoxy) is 3. The van der Waals surface area contributed by atoms with Crippen LogP contribution in [-0.2, 0) is 23.8 Å². The van der Waals surface area contributed by atoms with Crippen LogP contribution in [0.3, 0.4) is 0 Å². The smallest absolute Gasteiger partial charge is 0.378 e. The molecule has 2 heterocycles. The molecule has 2 fully saturated rings. The second-order valence-electron chi connectivity index (χ2n) is 5.24. The standard InChI is InChI=1S/C12H18O11/c13-1-3(15)9-10(8(19)11(20)22-9)23-12-7(18)6(17)5(16)4(2-14)21-12/h3-7,9-10,12-18H,1-2H2/t3-,4+,5+,6-,7+,9+,10?,12?/m0/s1. The molecule has 11 nitrogen and oxygen atoms in total. The summed E-state index contributed by atoms with van der Waals surface area (Å²) in [6, 6.07) is 0. The van der Waals surface area contributed by atoms with Crippen molar-refractivity contribution in [3.63, 3.8) is 0 Å². The molecule has 11 heteroatoms. The molecule has 2 rings (SSSR count). The Hall–Kier alpha value is -1.18. The van der Waals surface area contributed by atoms with Crippen LogP contribution in [0.15, 0.2) is 0 Å². The van der Waals surface area contributed by atoms with Gasteiger partial charge >= 0.3 is 5.97 Å². The molecule has 2 saturated heterocycles. The maximum atomic E-state index is 11.7. The second kappa shape index (κ2) is 7.15. The highest BCUT2D eigenvalue weighted by atomic mass is 16.7. The summed E-state index contributed by atoms with van der Waals surface area (Å²) in [5, 5.41) is 56.6. The largest absolute Gasteiger partial charge is 0.450 e. The number of cyclic esters (lactones) is 1. The molecule has 0 aliphatic carbocycles. The minimum Gasteiger partial charge on any atom is -0.450 e. The number of carbonyl (C=O) groups is 2.